The van der Waals surface area contributed by atoms with Gasteiger partial charge in [-0.05, 0) is 25.2 Å². The smallest absolute Gasteiger partial charge is 0.353 e. The van der Waals surface area contributed by atoms with Crippen molar-refractivity contribution in [1.29, 1.82) is 0 Å². The number of thiol groups is 1. The van der Waals surface area contributed by atoms with Crippen molar-refractivity contribution < 1.29 is 9.53 Å². The van der Waals surface area contributed by atoms with Crippen molar-refractivity contribution in [1.82, 2.24) is 0 Å². The van der Waals surface area contributed by atoms with Crippen molar-refractivity contribution in [3.8, 4) is 0 Å². The van der Waals surface area contributed by atoms with E-state index in [1.807, 2.05) is 27.7 Å². The van der Waals surface area contributed by atoms with Crippen molar-refractivity contribution in [2.24, 2.45) is 10.3 Å². The molecule has 0 saturated heterocycles. The predicted molar refractivity (Wildman–Crippen MR) is 59.2 cm³/mol. The van der Waals surface area contributed by atoms with Gasteiger partial charge in [-0.15, -0.1) is 0 Å². The summed E-state index contributed by atoms with van der Waals surface area (Å²) in [4.78, 5) is 10.9. The number of carbonyl (C=O) groups is 1. The Morgan fingerprint density at radius 3 is 2.15 bits per heavy atom. The first kappa shape index (κ1) is 15.0. The number of rotatable bonds is 3. The number of esters is 1. The topological polar surface area (TPSA) is 38.7 Å². The zero-order valence-corrected chi connectivity index (χ0v) is 9.89. The van der Waals surface area contributed by atoms with Crippen molar-refractivity contribution in [2.45, 2.75) is 34.1 Å². The summed E-state index contributed by atoms with van der Waals surface area (Å²) in [5.41, 5.74) is 0.380. The average molecular weight is 205 g/mol. The van der Waals surface area contributed by atoms with Gasteiger partial charge in [-0.25, -0.2) is 9.19 Å². The Hall–Kier alpha value is -0.510. The first-order valence-electron chi connectivity index (χ1n) is 4.41. The molecule has 0 spiro atoms. The van der Waals surface area contributed by atoms with Gasteiger partial charge < -0.3 is 4.74 Å². The molecule has 0 amide bonds. The molecule has 78 valence electrons. The first-order valence-corrected chi connectivity index (χ1v) is 4.81. The second kappa shape index (κ2) is 9.58. The molecule has 0 unspecified atom stereocenters. The third kappa shape index (κ3) is 7.84. The molecular weight excluding hydrogens is 186 g/mol. The fourth-order valence-electron chi connectivity index (χ4n) is 0.669. The Labute approximate surface area is 86.1 Å². The lowest BCUT2D eigenvalue weighted by Crippen LogP contribution is -2.17. The van der Waals surface area contributed by atoms with Gasteiger partial charge in [0.2, 0.25) is 0 Å². The Morgan fingerprint density at radius 1 is 1.46 bits per heavy atom. The molecule has 0 bridgehead atoms. The van der Waals surface area contributed by atoms with Gasteiger partial charge in [0, 0.05) is 0 Å². The predicted octanol–water partition coefficient (Wildman–Crippen LogP) is 2.52. The molecule has 0 aromatic heterocycles. The van der Waals surface area contributed by atoms with Crippen LogP contribution < -0.4 is 0 Å². The second-order valence-corrected chi connectivity index (χ2v) is 2.84. The van der Waals surface area contributed by atoms with Gasteiger partial charge in [0.1, 0.15) is 5.71 Å². The molecule has 0 aliphatic carbocycles. The number of hydrogen-bond acceptors (Lipinski definition) is 4. The maximum absolute atomic E-state index is 10.9. The lowest BCUT2D eigenvalue weighted by Gasteiger charge is -2.04. The molecule has 0 fully saturated rings. The largest absolute Gasteiger partial charge is 0.465 e. The van der Waals surface area contributed by atoms with Crippen LogP contribution in [0.5, 0.6) is 0 Å². The summed E-state index contributed by atoms with van der Waals surface area (Å²) in [6.07, 6.45) is 0.607. The van der Waals surface area contributed by atoms with E-state index in [1.165, 1.54) is 7.11 Å². The van der Waals surface area contributed by atoms with Gasteiger partial charge >= 0.3 is 5.97 Å². The van der Waals surface area contributed by atoms with Crippen molar-refractivity contribution in [2.75, 3.05) is 7.11 Å². The fraction of sp³-hybridized carbons (Fsp3) is 0.778. The van der Waals surface area contributed by atoms with Crippen LogP contribution in [0.1, 0.15) is 34.1 Å². The molecule has 13 heavy (non-hydrogen) atoms. The van der Waals surface area contributed by atoms with E-state index in [0.29, 0.717) is 18.1 Å². The highest BCUT2D eigenvalue weighted by Gasteiger charge is 2.12. The zero-order chi connectivity index (χ0) is 10.9. The van der Waals surface area contributed by atoms with Crippen LogP contribution in [0.2, 0.25) is 0 Å². The molecular formula is C9H19NO2S. The monoisotopic (exact) mass is 205 g/mol. The summed E-state index contributed by atoms with van der Waals surface area (Å²) >= 11 is 3.67. The highest BCUT2D eigenvalue weighted by Crippen LogP contribution is 2.03. The maximum atomic E-state index is 10.9. The highest BCUT2D eigenvalue weighted by atomic mass is 32.1. The minimum Gasteiger partial charge on any atom is -0.465 e. The van der Waals surface area contributed by atoms with E-state index in [2.05, 4.69) is 21.9 Å². The van der Waals surface area contributed by atoms with Crippen LogP contribution in [0.15, 0.2) is 4.40 Å². The lowest BCUT2D eigenvalue weighted by molar-refractivity contribution is -0.132. The molecule has 0 aliphatic heterocycles. The van der Waals surface area contributed by atoms with Crippen LogP contribution in [-0.4, -0.2) is 18.8 Å². The first-order chi connectivity index (χ1) is 6.11. The molecule has 0 aromatic carbocycles. The molecule has 0 aromatic rings. The van der Waals surface area contributed by atoms with Crippen molar-refractivity contribution >= 4 is 24.5 Å². The molecule has 0 radical (unpaired) electrons. The Kier molecular flexibility index (Phi) is 11.0. The SMILES string of the molecule is CC.COC(=O)/C(CC(C)C)=N\S. The van der Waals surface area contributed by atoms with Gasteiger partial charge in [-0.1, -0.05) is 27.7 Å². The number of nitrogens with zero attached hydrogens (tertiary/aromatic N) is 1. The van der Waals surface area contributed by atoms with Crippen molar-refractivity contribution in [3.63, 3.8) is 0 Å². The van der Waals surface area contributed by atoms with Gasteiger partial charge in [0.25, 0.3) is 0 Å². The van der Waals surface area contributed by atoms with E-state index in [-0.39, 0.29) is 0 Å². The number of methoxy groups -OCH3 is 1. The maximum Gasteiger partial charge on any atom is 0.353 e. The van der Waals surface area contributed by atoms with Gasteiger partial charge in [-0.3, -0.25) is 0 Å². The van der Waals surface area contributed by atoms with Crippen LogP contribution in [0, 0.1) is 5.92 Å². The minimum absolute atomic E-state index is 0.380. The van der Waals surface area contributed by atoms with E-state index >= 15 is 0 Å². The van der Waals surface area contributed by atoms with Crippen LogP contribution in [0.25, 0.3) is 0 Å². The van der Waals surface area contributed by atoms with E-state index in [9.17, 15) is 4.79 Å². The molecule has 0 saturated carbocycles. The molecule has 0 N–H and O–H groups in total. The fourth-order valence-corrected chi connectivity index (χ4v) is 0.833. The van der Waals surface area contributed by atoms with Gasteiger partial charge in [0.05, 0.1) is 7.11 Å². The van der Waals surface area contributed by atoms with Crippen molar-refractivity contribution in [3.05, 3.63) is 0 Å². The van der Waals surface area contributed by atoms with E-state index in [4.69, 9.17) is 0 Å². The van der Waals surface area contributed by atoms with Gasteiger partial charge in [0.15, 0.2) is 0 Å². The molecule has 3 nitrogen and oxygen atoms in total. The van der Waals surface area contributed by atoms with E-state index < -0.39 is 5.97 Å². The summed E-state index contributed by atoms with van der Waals surface area (Å²) in [5.74, 6) is -0.00583. The quantitative estimate of drug-likeness (QED) is 0.437. The summed E-state index contributed by atoms with van der Waals surface area (Å²) in [6.45, 7) is 8.00. The molecule has 0 aliphatic rings. The zero-order valence-electron chi connectivity index (χ0n) is 9.00. The summed E-state index contributed by atoms with van der Waals surface area (Å²) in [5, 5.41) is 0. The summed E-state index contributed by atoms with van der Waals surface area (Å²) in [7, 11) is 1.33. The third-order valence-corrected chi connectivity index (χ3v) is 1.38. The highest BCUT2D eigenvalue weighted by molar-refractivity contribution is 7.79. The Morgan fingerprint density at radius 2 is 1.92 bits per heavy atom. The molecule has 4 heteroatoms. The Bertz CT molecular complexity index is 167. The van der Waals surface area contributed by atoms with Gasteiger partial charge in [-0.2, -0.15) is 0 Å². The van der Waals surface area contributed by atoms with Crippen LogP contribution in [0.4, 0.5) is 0 Å². The van der Waals surface area contributed by atoms with Crippen LogP contribution >= 0.6 is 12.8 Å². The van der Waals surface area contributed by atoms with Crippen LogP contribution in [-0.2, 0) is 9.53 Å². The third-order valence-electron chi connectivity index (χ3n) is 1.14. The second-order valence-electron chi connectivity index (χ2n) is 2.64. The standard InChI is InChI=1S/C7H13NO2S.C2H6/c1-5(2)4-6(8-11)7(9)10-3;1-2/h5,11H,4H2,1-3H3;1-2H3/b8-6-;. The molecule has 0 heterocycles. The average Bonchev–Trinajstić information content (AvgIpc) is 2.16. The number of carbonyl (C=O) groups excluding carboxylic acids is 1. The number of ether oxygens (including phenoxy) is 1. The van der Waals surface area contributed by atoms with E-state index in [0.717, 1.165) is 0 Å². The van der Waals surface area contributed by atoms with Crippen LogP contribution in [0.3, 0.4) is 0 Å². The minimum atomic E-state index is -0.395. The molecule has 0 atom stereocenters. The normalized spacial score (nSPS) is 10.5. The summed E-state index contributed by atoms with van der Waals surface area (Å²) < 4.78 is 8.02. The number of hydrogen-bond donors (Lipinski definition) is 1. The molecule has 0 rings (SSSR count). The van der Waals surface area contributed by atoms with E-state index in [1.54, 1.807) is 0 Å². The lowest BCUT2D eigenvalue weighted by atomic mass is 10.1. The summed E-state index contributed by atoms with van der Waals surface area (Å²) in [6, 6.07) is 0. The Balaban J connectivity index is 0.